The van der Waals surface area contributed by atoms with E-state index in [9.17, 15) is 9.90 Å². The maximum Gasteiger partial charge on any atom is 0.229 e. The summed E-state index contributed by atoms with van der Waals surface area (Å²) in [7, 11) is 0. The number of aromatic hydroxyl groups is 1. The highest BCUT2D eigenvalue weighted by molar-refractivity contribution is 7.22. The maximum atomic E-state index is 12.7. The van der Waals surface area contributed by atoms with Crippen LogP contribution < -0.4 is 11.1 Å². The van der Waals surface area contributed by atoms with Crippen LogP contribution in [0.25, 0.3) is 21.4 Å². The first kappa shape index (κ1) is 19.0. The number of carbonyl (C=O) groups excluding carboxylic acids is 1. The molecule has 4 N–H and O–H groups in total. The van der Waals surface area contributed by atoms with Gasteiger partial charge >= 0.3 is 0 Å². The highest BCUT2D eigenvalue weighted by Crippen LogP contribution is 2.36. The number of phenols is 1. The van der Waals surface area contributed by atoms with E-state index < -0.39 is 0 Å². The van der Waals surface area contributed by atoms with E-state index in [1.54, 1.807) is 18.5 Å². The maximum absolute atomic E-state index is 12.7. The molecule has 9 nitrogen and oxygen atoms in total. The van der Waals surface area contributed by atoms with Gasteiger partial charge in [-0.1, -0.05) is 17.4 Å². The second kappa shape index (κ2) is 7.37. The Hall–Kier alpha value is -2.98. The highest BCUT2D eigenvalue weighted by Gasteiger charge is 2.29. The predicted octanol–water partition coefficient (Wildman–Crippen LogP) is 3.75. The zero-order valence-electron chi connectivity index (χ0n) is 15.7. The summed E-state index contributed by atoms with van der Waals surface area (Å²) >= 11 is 7.31. The number of aromatic nitrogens is 5. The van der Waals surface area contributed by atoms with Gasteiger partial charge in [-0.2, -0.15) is 9.97 Å². The molecule has 0 aliphatic heterocycles. The number of hydrogen-bond acceptors (Lipinski definition) is 8. The summed E-state index contributed by atoms with van der Waals surface area (Å²) in [4.78, 5) is 29.6. The van der Waals surface area contributed by atoms with Gasteiger partial charge in [0.2, 0.25) is 11.2 Å². The molecule has 1 aromatic carbocycles. The van der Waals surface area contributed by atoms with E-state index in [0.717, 1.165) is 30.4 Å². The van der Waals surface area contributed by atoms with Gasteiger partial charge in [-0.15, -0.1) is 0 Å². The van der Waals surface area contributed by atoms with Crippen LogP contribution in [0, 0.1) is 5.92 Å². The molecule has 1 saturated carbocycles. The second-order valence-corrected chi connectivity index (χ2v) is 8.71. The fourth-order valence-electron chi connectivity index (χ4n) is 3.99. The number of nitrogens with one attached hydrogen (secondary N) is 1. The number of para-hydroxylation sites is 1. The average Bonchev–Trinajstić information content (AvgIpc) is 3.33. The van der Waals surface area contributed by atoms with E-state index in [1.165, 1.54) is 11.3 Å². The van der Waals surface area contributed by atoms with Crippen molar-refractivity contribution in [3.63, 3.8) is 0 Å². The summed E-state index contributed by atoms with van der Waals surface area (Å²) in [6.07, 6.45) is 4.81. The number of amides is 1. The molecule has 0 bridgehead atoms. The lowest BCUT2D eigenvalue weighted by Crippen LogP contribution is -2.28. The zero-order valence-corrected chi connectivity index (χ0v) is 17.3. The molecule has 0 atom stereocenters. The van der Waals surface area contributed by atoms with Crippen molar-refractivity contribution in [3.8, 4) is 5.75 Å². The van der Waals surface area contributed by atoms with Crippen molar-refractivity contribution in [2.45, 2.75) is 31.7 Å². The molecule has 1 amide bonds. The van der Waals surface area contributed by atoms with Crippen molar-refractivity contribution in [1.82, 2.24) is 24.5 Å². The Labute approximate surface area is 179 Å². The summed E-state index contributed by atoms with van der Waals surface area (Å²) < 4.78 is 2.81. The van der Waals surface area contributed by atoms with Crippen LogP contribution in [-0.2, 0) is 4.79 Å². The van der Waals surface area contributed by atoms with Gasteiger partial charge < -0.3 is 20.7 Å². The SMILES string of the molecule is Nc1nc(Cl)nc2c1ncn2C1CCC(C(=O)Nc2nc3c(O)cccc3s2)CC1. The molecule has 0 saturated heterocycles. The van der Waals surface area contributed by atoms with E-state index in [0.29, 0.717) is 21.8 Å². The number of nitrogens with zero attached hydrogens (tertiary/aromatic N) is 5. The van der Waals surface area contributed by atoms with Crippen molar-refractivity contribution in [2.75, 3.05) is 11.1 Å². The number of carbonyl (C=O) groups is 1. The summed E-state index contributed by atoms with van der Waals surface area (Å²) in [6, 6.07) is 5.38. The molecular weight excluding hydrogens is 426 g/mol. The zero-order chi connectivity index (χ0) is 20.8. The quantitative estimate of drug-likeness (QED) is 0.411. The van der Waals surface area contributed by atoms with Crippen molar-refractivity contribution in [1.29, 1.82) is 0 Å². The van der Waals surface area contributed by atoms with Crippen molar-refractivity contribution in [3.05, 3.63) is 29.8 Å². The van der Waals surface area contributed by atoms with E-state index in [1.807, 2.05) is 10.6 Å². The van der Waals surface area contributed by atoms with Gasteiger partial charge in [-0.25, -0.2) is 9.97 Å². The molecule has 5 rings (SSSR count). The van der Waals surface area contributed by atoms with E-state index in [4.69, 9.17) is 17.3 Å². The number of hydrogen-bond donors (Lipinski definition) is 3. The topological polar surface area (TPSA) is 132 Å². The lowest BCUT2D eigenvalue weighted by Gasteiger charge is -2.28. The summed E-state index contributed by atoms with van der Waals surface area (Å²) in [5, 5.41) is 13.4. The van der Waals surface area contributed by atoms with Crippen LogP contribution in [0.4, 0.5) is 10.9 Å². The Morgan fingerprint density at radius 2 is 2.00 bits per heavy atom. The number of imidazole rings is 1. The molecule has 1 fully saturated rings. The Balaban J connectivity index is 1.27. The van der Waals surface area contributed by atoms with Gasteiger partial charge in [0.1, 0.15) is 16.8 Å². The van der Waals surface area contributed by atoms with Crippen molar-refractivity contribution < 1.29 is 9.90 Å². The summed E-state index contributed by atoms with van der Waals surface area (Å²) in [6.45, 7) is 0. The Bertz CT molecular complexity index is 1260. The Kier molecular flexibility index (Phi) is 4.67. The first-order valence-electron chi connectivity index (χ1n) is 9.54. The van der Waals surface area contributed by atoms with Gasteiger partial charge in [0.15, 0.2) is 16.6 Å². The number of nitrogens with two attached hydrogens (primary N) is 1. The average molecular weight is 444 g/mol. The number of thiazole rings is 1. The highest BCUT2D eigenvalue weighted by atomic mass is 35.5. The van der Waals surface area contributed by atoms with Crippen LogP contribution in [-0.4, -0.2) is 35.5 Å². The molecule has 11 heteroatoms. The largest absolute Gasteiger partial charge is 0.506 e. The lowest BCUT2D eigenvalue weighted by atomic mass is 9.85. The van der Waals surface area contributed by atoms with Gasteiger partial charge in [-0.05, 0) is 49.4 Å². The van der Waals surface area contributed by atoms with Crippen LogP contribution in [0.15, 0.2) is 24.5 Å². The van der Waals surface area contributed by atoms with E-state index >= 15 is 0 Å². The van der Waals surface area contributed by atoms with Gasteiger partial charge in [0, 0.05) is 12.0 Å². The first-order valence-corrected chi connectivity index (χ1v) is 10.7. The van der Waals surface area contributed by atoms with Crippen LogP contribution in [0.3, 0.4) is 0 Å². The molecule has 154 valence electrons. The third-order valence-electron chi connectivity index (χ3n) is 5.51. The summed E-state index contributed by atoms with van der Waals surface area (Å²) in [5.74, 6) is 0.234. The number of nitrogen functional groups attached to an aromatic ring is 1. The van der Waals surface area contributed by atoms with Crippen molar-refractivity contribution >= 4 is 61.2 Å². The number of phenolic OH excluding ortho intramolecular Hbond substituents is 1. The molecule has 30 heavy (non-hydrogen) atoms. The smallest absolute Gasteiger partial charge is 0.229 e. The first-order chi connectivity index (χ1) is 14.5. The Morgan fingerprint density at radius 3 is 2.77 bits per heavy atom. The van der Waals surface area contributed by atoms with E-state index in [-0.39, 0.29) is 34.7 Å². The minimum atomic E-state index is -0.0973. The fraction of sp³-hybridized carbons (Fsp3) is 0.316. The van der Waals surface area contributed by atoms with Gasteiger partial charge in [-0.3, -0.25) is 4.79 Å². The van der Waals surface area contributed by atoms with Crippen LogP contribution in [0.5, 0.6) is 5.75 Å². The molecule has 3 aromatic heterocycles. The minimum Gasteiger partial charge on any atom is -0.506 e. The number of anilines is 2. The third-order valence-corrected chi connectivity index (χ3v) is 6.61. The Morgan fingerprint density at radius 1 is 1.20 bits per heavy atom. The monoisotopic (exact) mass is 443 g/mol. The van der Waals surface area contributed by atoms with E-state index in [2.05, 4.69) is 25.3 Å². The fourth-order valence-corrected chi connectivity index (χ4v) is 5.05. The predicted molar refractivity (Wildman–Crippen MR) is 116 cm³/mol. The lowest BCUT2D eigenvalue weighted by molar-refractivity contribution is -0.120. The molecule has 3 heterocycles. The normalized spacial score (nSPS) is 19.4. The molecule has 4 aromatic rings. The molecular formula is C19H18ClN7O2S. The van der Waals surface area contributed by atoms with Crippen LogP contribution in [0.2, 0.25) is 5.28 Å². The third kappa shape index (κ3) is 3.31. The van der Waals surface area contributed by atoms with Gasteiger partial charge in [0.25, 0.3) is 0 Å². The summed E-state index contributed by atoms with van der Waals surface area (Å²) in [5.41, 5.74) is 7.56. The van der Waals surface area contributed by atoms with Crippen molar-refractivity contribution in [2.24, 2.45) is 5.92 Å². The second-order valence-electron chi connectivity index (χ2n) is 7.34. The molecule has 1 aliphatic carbocycles. The molecule has 0 spiro atoms. The molecule has 0 radical (unpaired) electrons. The van der Waals surface area contributed by atoms with Crippen LogP contribution in [0.1, 0.15) is 31.7 Å². The van der Waals surface area contributed by atoms with Gasteiger partial charge in [0.05, 0.1) is 11.0 Å². The minimum absolute atomic E-state index is 0.0444. The molecule has 0 unspecified atom stereocenters. The molecule has 1 aliphatic rings. The number of fused-ring (bicyclic) bond motifs is 2. The number of halogens is 1. The number of rotatable bonds is 3. The number of benzene rings is 1. The van der Waals surface area contributed by atoms with Crippen LogP contribution >= 0.6 is 22.9 Å². The standard InChI is InChI=1S/C19H18ClN7O2S/c20-18-24-15(21)14-16(25-18)27(8-22-14)10-6-4-9(5-7-10)17(29)26-19-23-13-11(28)2-1-3-12(13)30-19/h1-3,8-10,28H,4-7H2,(H2,21,24,25)(H,23,26,29).